The number of likely N-dealkylation sites (tertiary alicyclic amines) is 1. The molecule has 2 aliphatic heterocycles. The van der Waals surface area contributed by atoms with Crippen LogP contribution in [0.5, 0.6) is 0 Å². The lowest BCUT2D eigenvalue weighted by Gasteiger charge is -2.38. The molecule has 1 aromatic carbocycles. The molecular formula is C18H25N3O3. The number of benzene rings is 1. The van der Waals surface area contributed by atoms with Gasteiger partial charge in [-0.2, -0.15) is 0 Å². The van der Waals surface area contributed by atoms with E-state index in [4.69, 9.17) is 5.11 Å². The Kier molecular flexibility index (Phi) is 5.04. The van der Waals surface area contributed by atoms with Crippen LogP contribution in [0.4, 0.5) is 5.69 Å². The number of piperazine rings is 1. The fourth-order valence-corrected chi connectivity index (χ4v) is 3.58. The Morgan fingerprint density at radius 2 is 1.75 bits per heavy atom. The van der Waals surface area contributed by atoms with E-state index in [1.165, 1.54) is 5.69 Å². The Hall–Kier alpha value is -2.08. The molecule has 0 spiro atoms. The van der Waals surface area contributed by atoms with Gasteiger partial charge in [-0.05, 0) is 32.0 Å². The molecule has 130 valence electrons. The first-order valence-corrected chi connectivity index (χ1v) is 8.62. The average Bonchev–Trinajstić information content (AvgIpc) is 3.12. The van der Waals surface area contributed by atoms with Gasteiger partial charge in [-0.1, -0.05) is 18.2 Å². The molecule has 3 rings (SSSR count). The van der Waals surface area contributed by atoms with Gasteiger partial charge in [-0.25, -0.2) is 0 Å². The van der Waals surface area contributed by atoms with Crippen LogP contribution in [0, 0.1) is 5.92 Å². The molecule has 1 amide bonds. The predicted molar refractivity (Wildman–Crippen MR) is 92.0 cm³/mol. The molecule has 2 unspecified atom stereocenters. The van der Waals surface area contributed by atoms with Crippen LogP contribution < -0.4 is 4.90 Å². The second-order valence-corrected chi connectivity index (χ2v) is 6.64. The van der Waals surface area contributed by atoms with E-state index in [2.05, 4.69) is 17.0 Å². The number of carbonyl (C=O) groups is 2. The summed E-state index contributed by atoms with van der Waals surface area (Å²) in [5.74, 6) is -0.974. The molecule has 2 atom stereocenters. The second kappa shape index (κ2) is 7.21. The number of nitrogens with zero attached hydrogens (tertiary/aromatic N) is 3. The van der Waals surface area contributed by atoms with E-state index in [9.17, 15) is 9.59 Å². The van der Waals surface area contributed by atoms with Crippen molar-refractivity contribution in [2.75, 3.05) is 44.2 Å². The van der Waals surface area contributed by atoms with Gasteiger partial charge in [0.15, 0.2) is 0 Å². The van der Waals surface area contributed by atoms with Gasteiger partial charge >= 0.3 is 5.97 Å². The molecule has 0 aromatic heterocycles. The molecule has 2 fully saturated rings. The van der Waals surface area contributed by atoms with Crippen LogP contribution in [0.1, 0.15) is 13.3 Å². The van der Waals surface area contributed by atoms with Gasteiger partial charge < -0.3 is 14.9 Å². The van der Waals surface area contributed by atoms with Gasteiger partial charge in [0.25, 0.3) is 0 Å². The molecule has 6 nitrogen and oxygen atoms in total. The topological polar surface area (TPSA) is 64.1 Å². The van der Waals surface area contributed by atoms with Gasteiger partial charge in [0.2, 0.25) is 5.91 Å². The fourth-order valence-electron chi connectivity index (χ4n) is 3.58. The zero-order valence-electron chi connectivity index (χ0n) is 14.1. The number of hydrogen-bond acceptors (Lipinski definition) is 4. The smallest absolute Gasteiger partial charge is 0.307 e. The summed E-state index contributed by atoms with van der Waals surface area (Å²) in [7, 11) is 0. The molecule has 2 aliphatic rings. The lowest BCUT2D eigenvalue weighted by atomic mass is 10.1. The molecular weight excluding hydrogens is 306 g/mol. The third-order valence-corrected chi connectivity index (χ3v) is 5.19. The maximum atomic E-state index is 12.7. The number of carboxylic acids is 1. The Morgan fingerprint density at radius 1 is 1.08 bits per heavy atom. The van der Waals surface area contributed by atoms with Crippen molar-refractivity contribution in [3.05, 3.63) is 30.3 Å². The number of aliphatic carboxylic acids is 1. The van der Waals surface area contributed by atoms with E-state index in [0.29, 0.717) is 32.6 Å². The highest BCUT2D eigenvalue weighted by atomic mass is 16.4. The summed E-state index contributed by atoms with van der Waals surface area (Å²) in [6, 6.07) is 10.0. The van der Waals surface area contributed by atoms with E-state index in [1.54, 1.807) is 0 Å². The quantitative estimate of drug-likeness (QED) is 0.896. The van der Waals surface area contributed by atoms with Gasteiger partial charge in [0, 0.05) is 38.4 Å². The normalized spacial score (nSPS) is 23.3. The van der Waals surface area contributed by atoms with Crippen molar-refractivity contribution >= 4 is 17.6 Å². The first kappa shape index (κ1) is 16.8. The monoisotopic (exact) mass is 331 g/mol. The lowest BCUT2D eigenvalue weighted by molar-refractivity contribution is -0.142. The number of carbonyl (C=O) groups excluding carboxylic acids is 1. The summed E-state index contributed by atoms with van der Waals surface area (Å²) in [6.45, 7) is 6.17. The minimum atomic E-state index is -0.756. The Morgan fingerprint density at radius 3 is 2.33 bits per heavy atom. The highest BCUT2D eigenvalue weighted by Crippen LogP contribution is 2.21. The number of rotatable bonds is 4. The maximum Gasteiger partial charge on any atom is 0.307 e. The van der Waals surface area contributed by atoms with Gasteiger partial charge in [0.1, 0.15) is 0 Å². The molecule has 1 N–H and O–H groups in total. The molecule has 6 heteroatoms. The first-order valence-electron chi connectivity index (χ1n) is 8.62. The van der Waals surface area contributed by atoms with E-state index < -0.39 is 5.97 Å². The molecule has 0 aliphatic carbocycles. The van der Waals surface area contributed by atoms with Crippen LogP contribution in [0.3, 0.4) is 0 Å². The van der Waals surface area contributed by atoms with Crippen LogP contribution in [0.25, 0.3) is 0 Å². The van der Waals surface area contributed by atoms with Crippen LogP contribution in [-0.2, 0) is 9.59 Å². The standard InChI is InChI=1S/C18H25N3O3/c1-14(21-8-7-15(13-21)18(23)24)17(22)20-11-9-19(10-12-20)16-5-3-2-4-6-16/h2-6,14-15H,7-13H2,1H3,(H,23,24). The second-order valence-electron chi connectivity index (χ2n) is 6.64. The highest BCUT2D eigenvalue weighted by molar-refractivity contribution is 5.82. The number of carboxylic acid groups (broad SMARTS) is 1. The molecule has 0 radical (unpaired) electrons. The number of hydrogen-bond donors (Lipinski definition) is 1. The van der Waals surface area contributed by atoms with Gasteiger partial charge in [0.05, 0.1) is 12.0 Å². The fraction of sp³-hybridized carbons (Fsp3) is 0.556. The van der Waals surface area contributed by atoms with Crippen LogP contribution in [-0.4, -0.2) is 72.1 Å². The van der Waals surface area contributed by atoms with Crippen molar-refractivity contribution in [2.45, 2.75) is 19.4 Å². The molecule has 0 saturated carbocycles. The summed E-state index contributed by atoms with van der Waals surface area (Å²) < 4.78 is 0. The number of amides is 1. The molecule has 24 heavy (non-hydrogen) atoms. The Labute approximate surface area is 142 Å². The van der Waals surface area contributed by atoms with Gasteiger partial charge in [-0.3, -0.25) is 14.5 Å². The van der Waals surface area contributed by atoms with Crippen LogP contribution in [0.2, 0.25) is 0 Å². The van der Waals surface area contributed by atoms with Crippen molar-refractivity contribution in [2.24, 2.45) is 5.92 Å². The van der Waals surface area contributed by atoms with Crippen LogP contribution >= 0.6 is 0 Å². The number of anilines is 1. The van der Waals surface area contributed by atoms with E-state index in [0.717, 1.165) is 13.1 Å². The minimum absolute atomic E-state index is 0.119. The first-order chi connectivity index (χ1) is 11.6. The third kappa shape index (κ3) is 3.53. The summed E-state index contributed by atoms with van der Waals surface area (Å²) in [5.41, 5.74) is 1.20. The van der Waals surface area contributed by atoms with Crippen molar-refractivity contribution in [3.8, 4) is 0 Å². The van der Waals surface area contributed by atoms with Crippen molar-refractivity contribution in [3.63, 3.8) is 0 Å². The summed E-state index contributed by atoms with van der Waals surface area (Å²) in [6.07, 6.45) is 0.634. The zero-order chi connectivity index (χ0) is 17.1. The van der Waals surface area contributed by atoms with E-state index in [1.807, 2.05) is 34.9 Å². The summed E-state index contributed by atoms with van der Waals surface area (Å²) in [5, 5.41) is 9.11. The van der Waals surface area contributed by atoms with E-state index >= 15 is 0 Å². The average molecular weight is 331 g/mol. The van der Waals surface area contributed by atoms with Crippen molar-refractivity contribution in [1.82, 2.24) is 9.80 Å². The Bertz CT molecular complexity index is 584. The molecule has 2 heterocycles. The van der Waals surface area contributed by atoms with Crippen molar-refractivity contribution in [1.29, 1.82) is 0 Å². The largest absolute Gasteiger partial charge is 0.481 e. The van der Waals surface area contributed by atoms with Crippen molar-refractivity contribution < 1.29 is 14.7 Å². The summed E-state index contributed by atoms with van der Waals surface area (Å²) in [4.78, 5) is 30.0. The zero-order valence-corrected chi connectivity index (χ0v) is 14.1. The molecule has 2 saturated heterocycles. The van der Waals surface area contributed by atoms with Gasteiger partial charge in [-0.15, -0.1) is 0 Å². The lowest BCUT2D eigenvalue weighted by Crippen LogP contribution is -2.54. The maximum absolute atomic E-state index is 12.7. The Balaban J connectivity index is 1.52. The summed E-state index contributed by atoms with van der Waals surface area (Å²) >= 11 is 0. The predicted octanol–water partition coefficient (Wildman–Crippen LogP) is 1.13. The van der Waals surface area contributed by atoms with E-state index in [-0.39, 0.29) is 17.9 Å². The SMILES string of the molecule is CC(C(=O)N1CCN(c2ccccc2)CC1)N1CCC(C(=O)O)C1. The minimum Gasteiger partial charge on any atom is -0.481 e. The van der Waals surface area contributed by atoms with Crippen LogP contribution in [0.15, 0.2) is 30.3 Å². The molecule has 0 bridgehead atoms. The number of para-hydroxylation sites is 1. The highest BCUT2D eigenvalue weighted by Gasteiger charge is 2.35. The molecule has 1 aromatic rings. The third-order valence-electron chi connectivity index (χ3n) is 5.19.